The van der Waals surface area contributed by atoms with Crippen LogP contribution in [0.2, 0.25) is 0 Å². The fraction of sp³-hybridized carbons (Fsp3) is 0.296. The maximum absolute atomic E-state index is 4.55. The Balaban J connectivity index is 1.29. The summed E-state index contributed by atoms with van der Waals surface area (Å²) in [5.74, 6) is 0. The monoisotopic (exact) mass is 502 g/mol. The standard InChI is InChI=1S/C27H30N6S2/c1-19-18-22(31(3)25-11-12-26(35-25)33-14-5-6-15-33)8-9-23(19)30-29-21-7-10-24(20(2)17-21)32(4)27-28-13-16-34-27/h7-13,16-18H,5-6,14-15H2,1-4H3/b30-29+. The highest BCUT2D eigenvalue weighted by molar-refractivity contribution is 7.20. The Bertz CT molecular complexity index is 1320. The van der Waals surface area contributed by atoms with Gasteiger partial charge < -0.3 is 14.7 Å². The molecule has 0 saturated carbocycles. The van der Waals surface area contributed by atoms with Crippen LogP contribution in [0.5, 0.6) is 0 Å². The molecule has 0 unspecified atom stereocenters. The van der Waals surface area contributed by atoms with E-state index in [1.54, 1.807) is 11.3 Å². The first kappa shape index (κ1) is 23.5. The Kier molecular flexibility index (Phi) is 6.83. The molecule has 1 aliphatic heterocycles. The lowest BCUT2D eigenvalue weighted by molar-refractivity contribution is 0.949. The van der Waals surface area contributed by atoms with Gasteiger partial charge in [0.15, 0.2) is 5.13 Å². The predicted octanol–water partition coefficient (Wildman–Crippen LogP) is 8.37. The number of benzene rings is 2. The summed E-state index contributed by atoms with van der Waals surface area (Å²) >= 11 is 3.48. The molecular formula is C27H30N6S2. The van der Waals surface area contributed by atoms with E-state index >= 15 is 0 Å². The van der Waals surface area contributed by atoms with E-state index in [1.807, 2.05) is 36.0 Å². The summed E-state index contributed by atoms with van der Waals surface area (Å²) in [7, 11) is 4.16. The molecule has 6 nitrogen and oxygen atoms in total. The van der Waals surface area contributed by atoms with Gasteiger partial charge in [0.25, 0.3) is 0 Å². The summed E-state index contributed by atoms with van der Waals surface area (Å²) in [6.07, 6.45) is 4.42. The van der Waals surface area contributed by atoms with Crippen molar-refractivity contribution < 1.29 is 0 Å². The third-order valence-electron chi connectivity index (χ3n) is 6.41. The first-order valence-electron chi connectivity index (χ1n) is 11.8. The van der Waals surface area contributed by atoms with Crippen LogP contribution in [-0.4, -0.2) is 32.2 Å². The number of rotatable bonds is 7. The molecule has 0 atom stereocenters. The van der Waals surface area contributed by atoms with Gasteiger partial charge in [0.05, 0.1) is 21.4 Å². The molecule has 1 saturated heterocycles. The molecule has 2 aromatic carbocycles. The van der Waals surface area contributed by atoms with Crippen molar-refractivity contribution in [3.63, 3.8) is 0 Å². The molecule has 0 bridgehead atoms. The smallest absolute Gasteiger partial charge is 0.189 e. The van der Waals surface area contributed by atoms with Crippen LogP contribution in [0.3, 0.4) is 0 Å². The van der Waals surface area contributed by atoms with Crippen molar-refractivity contribution in [2.24, 2.45) is 10.2 Å². The summed E-state index contributed by atoms with van der Waals surface area (Å²) in [5.41, 5.74) is 6.23. The number of hydrogen-bond donors (Lipinski definition) is 0. The lowest BCUT2D eigenvalue weighted by atomic mass is 10.1. The van der Waals surface area contributed by atoms with Crippen molar-refractivity contribution in [1.29, 1.82) is 0 Å². The minimum atomic E-state index is 0.840. The minimum absolute atomic E-state index is 0.840. The molecule has 1 fully saturated rings. The number of anilines is 5. The van der Waals surface area contributed by atoms with Crippen LogP contribution in [0, 0.1) is 13.8 Å². The highest BCUT2D eigenvalue weighted by Gasteiger charge is 2.16. The average Bonchev–Trinajstić information content (AvgIpc) is 3.64. The number of thiophene rings is 1. The summed E-state index contributed by atoms with van der Waals surface area (Å²) in [6, 6.07) is 17.0. The van der Waals surface area contributed by atoms with Crippen LogP contribution in [0.1, 0.15) is 24.0 Å². The Morgan fingerprint density at radius 2 is 1.71 bits per heavy atom. The molecule has 35 heavy (non-hydrogen) atoms. The summed E-state index contributed by atoms with van der Waals surface area (Å²) in [5, 5.41) is 14.6. The Hall–Kier alpha value is -3.23. The molecule has 0 amide bonds. The van der Waals surface area contributed by atoms with Crippen molar-refractivity contribution >= 4 is 60.6 Å². The summed E-state index contributed by atoms with van der Waals surface area (Å²) in [6.45, 7) is 6.53. The predicted molar refractivity (Wildman–Crippen MR) is 151 cm³/mol. The highest BCUT2D eigenvalue weighted by Crippen LogP contribution is 2.38. The zero-order chi connectivity index (χ0) is 24.4. The fourth-order valence-corrected chi connectivity index (χ4v) is 6.03. The maximum atomic E-state index is 4.55. The second-order valence-corrected chi connectivity index (χ2v) is 10.8. The van der Waals surface area contributed by atoms with Crippen molar-refractivity contribution in [3.8, 4) is 0 Å². The maximum Gasteiger partial charge on any atom is 0.189 e. The van der Waals surface area contributed by atoms with Crippen LogP contribution in [0.15, 0.2) is 70.3 Å². The Labute approximate surface area is 215 Å². The van der Waals surface area contributed by atoms with E-state index in [4.69, 9.17) is 0 Å². The van der Waals surface area contributed by atoms with Gasteiger partial charge in [-0.3, -0.25) is 0 Å². The van der Waals surface area contributed by atoms with Gasteiger partial charge in [-0.2, -0.15) is 10.2 Å². The Morgan fingerprint density at radius 3 is 2.43 bits per heavy atom. The number of aromatic nitrogens is 1. The lowest BCUT2D eigenvalue weighted by Crippen LogP contribution is -2.15. The van der Waals surface area contributed by atoms with E-state index in [0.717, 1.165) is 39.0 Å². The lowest BCUT2D eigenvalue weighted by Gasteiger charge is -2.19. The molecular weight excluding hydrogens is 472 g/mol. The van der Waals surface area contributed by atoms with Gasteiger partial charge in [-0.15, -0.1) is 22.7 Å². The molecule has 3 heterocycles. The van der Waals surface area contributed by atoms with Gasteiger partial charge in [-0.05, 0) is 86.3 Å². The van der Waals surface area contributed by atoms with Crippen LogP contribution < -0.4 is 14.7 Å². The molecule has 0 aliphatic carbocycles. The van der Waals surface area contributed by atoms with Crippen LogP contribution >= 0.6 is 22.7 Å². The summed E-state index contributed by atoms with van der Waals surface area (Å²) in [4.78, 5) is 11.2. The summed E-state index contributed by atoms with van der Waals surface area (Å²) < 4.78 is 0. The van der Waals surface area contributed by atoms with E-state index in [2.05, 4.69) is 93.3 Å². The van der Waals surface area contributed by atoms with Crippen molar-refractivity contribution in [2.75, 3.05) is 41.9 Å². The normalized spacial score (nSPS) is 13.7. The molecule has 0 spiro atoms. The first-order chi connectivity index (χ1) is 17.0. The number of hydrogen-bond acceptors (Lipinski definition) is 8. The van der Waals surface area contributed by atoms with Crippen molar-refractivity contribution in [2.45, 2.75) is 26.7 Å². The molecule has 1 aliphatic rings. The molecule has 2 aromatic heterocycles. The van der Waals surface area contributed by atoms with Gasteiger partial charge in [-0.1, -0.05) is 0 Å². The van der Waals surface area contributed by atoms with Crippen LogP contribution in [0.4, 0.5) is 37.9 Å². The van der Waals surface area contributed by atoms with E-state index in [1.165, 1.54) is 35.9 Å². The number of aryl methyl sites for hydroxylation is 2. The SMILES string of the molecule is Cc1cc(N(C)c2ccc(N3CCCC3)s2)ccc1/N=N/c1ccc(N(C)c2nccs2)c(C)c1. The third kappa shape index (κ3) is 5.09. The molecule has 0 radical (unpaired) electrons. The van der Waals surface area contributed by atoms with E-state index in [0.29, 0.717) is 0 Å². The number of azo groups is 1. The van der Waals surface area contributed by atoms with Crippen LogP contribution in [-0.2, 0) is 0 Å². The first-order valence-corrected chi connectivity index (χ1v) is 13.5. The van der Waals surface area contributed by atoms with Crippen molar-refractivity contribution in [3.05, 3.63) is 71.2 Å². The number of nitrogens with zero attached hydrogens (tertiary/aromatic N) is 6. The van der Waals surface area contributed by atoms with Crippen LogP contribution in [0.25, 0.3) is 0 Å². The van der Waals surface area contributed by atoms with Gasteiger partial charge in [-0.25, -0.2) is 4.98 Å². The zero-order valence-electron chi connectivity index (χ0n) is 20.6. The quantitative estimate of drug-likeness (QED) is 0.238. The third-order valence-corrected chi connectivity index (χ3v) is 8.49. The van der Waals surface area contributed by atoms with Gasteiger partial charge in [0, 0.05) is 50.1 Å². The van der Waals surface area contributed by atoms with Gasteiger partial charge >= 0.3 is 0 Å². The van der Waals surface area contributed by atoms with Gasteiger partial charge in [0.1, 0.15) is 0 Å². The molecule has 0 N–H and O–H groups in total. The van der Waals surface area contributed by atoms with E-state index in [9.17, 15) is 0 Å². The molecule has 8 heteroatoms. The Morgan fingerprint density at radius 1 is 0.886 bits per heavy atom. The molecule has 4 aromatic rings. The topological polar surface area (TPSA) is 47.3 Å². The minimum Gasteiger partial charge on any atom is -0.363 e. The molecule has 180 valence electrons. The average molecular weight is 503 g/mol. The second-order valence-electron chi connectivity index (χ2n) is 8.88. The highest BCUT2D eigenvalue weighted by atomic mass is 32.1. The van der Waals surface area contributed by atoms with Gasteiger partial charge in [0.2, 0.25) is 0 Å². The van der Waals surface area contributed by atoms with E-state index < -0.39 is 0 Å². The fourth-order valence-electron chi connectivity index (χ4n) is 4.37. The zero-order valence-corrected chi connectivity index (χ0v) is 22.2. The molecule has 5 rings (SSSR count). The van der Waals surface area contributed by atoms with Crippen molar-refractivity contribution in [1.82, 2.24) is 4.98 Å². The van der Waals surface area contributed by atoms with E-state index in [-0.39, 0.29) is 0 Å². The largest absolute Gasteiger partial charge is 0.363 e. The second kappa shape index (κ2) is 10.2. The number of thiazole rings is 1.